The average molecular weight is 600 g/mol. The number of sulfonamides is 1. The van der Waals surface area contributed by atoms with Crippen LogP contribution in [0.5, 0.6) is 0 Å². The van der Waals surface area contributed by atoms with Crippen LogP contribution in [0.4, 0.5) is 10.1 Å². The Labute approximate surface area is 249 Å². The van der Waals surface area contributed by atoms with Gasteiger partial charge in [0, 0.05) is 30.5 Å². The van der Waals surface area contributed by atoms with Crippen molar-refractivity contribution in [1.29, 1.82) is 0 Å². The van der Waals surface area contributed by atoms with Gasteiger partial charge in [-0.15, -0.1) is 0 Å². The molecule has 0 bridgehead atoms. The molecule has 0 aliphatic carbocycles. The molecule has 0 fully saturated rings. The summed E-state index contributed by atoms with van der Waals surface area (Å²) in [5.41, 5.74) is 3.15. The molecule has 1 aromatic heterocycles. The van der Waals surface area contributed by atoms with Gasteiger partial charge in [-0.2, -0.15) is 0 Å². The first-order valence-corrected chi connectivity index (χ1v) is 15.3. The largest absolute Gasteiger partial charge is 0.348 e. The standard InChI is InChI=1S/C33H27ClFN3O3S/c34-29-18-13-26(33(39)37-21-20-36-19-7-12-30(36)32(37)25-10-5-2-6-11-25)22-31(29)42(40,41)38(23-24-8-3-1-4-9-24)28-16-14-27(35)15-17-28/h1-19,22,32H,20-21,23H2. The van der Waals surface area contributed by atoms with Gasteiger partial charge in [-0.1, -0.05) is 72.3 Å². The maximum absolute atomic E-state index is 14.2. The van der Waals surface area contributed by atoms with E-state index in [0.29, 0.717) is 13.1 Å². The monoisotopic (exact) mass is 599 g/mol. The fourth-order valence-corrected chi connectivity index (χ4v) is 7.33. The molecule has 2 heterocycles. The lowest BCUT2D eigenvalue weighted by Gasteiger charge is -2.37. The summed E-state index contributed by atoms with van der Waals surface area (Å²) in [5.74, 6) is -0.789. The van der Waals surface area contributed by atoms with Crippen molar-refractivity contribution in [2.45, 2.75) is 24.0 Å². The van der Waals surface area contributed by atoms with Gasteiger partial charge < -0.3 is 9.47 Å². The molecule has 1 aliphatic rings. The summed E-state index contributed by atoms with van der Waals surface area (Å²) in [6.45, 7) is 1.05. The summed E-state index contributed by atoms with van der Waals surface area (Å²) < 4.78 is 45.5. The van der Waals surface area contributed by atoms with Crippen molar-refractivity contribution in [2.24, 2.45) is 0 Å². The Morgan fingerprint density at radius 3 is 2.26 bits per heavy atom. The van der Waals surface area contributed by atoms with E-state index in [1.54, 1.807) is 11.0 Å². The van der Waals surface area contributed by atoms with Crippen molar-refractivity contribution >= 4 is 33.2 Å². The second-order valence-electron chi connectivity index (χ2n) is 10.1. The summed E-state index contributed by atoms with van der Waals surface area (Å²) >= 11 is 6.51. The number of anilines is 1. The zero-order valence-electron chi connectivity index (χ0n) is 22.5. The van der Waals surface area contributed by atoms with Crippen LogP contribution in [-0.2, 0) is 23.1 Å². The van der Waals surface area contributed by atoms with Crippen LogP contribution < -0.4 is 4.31 Å². The molecular formula is C33H27ClFN3O3S. The number of hydrogen-bond donors (Lipinski definition) is 0. The van der Waals surface area contributed by atoms with Gasteiger partial charge in [-0.05, 0) is 65.7 Å². The minimum absolute atomic E-state index is 0.0114. The van der Waals surface area contributed by atoms with Gasteiger partial charge in [0.1, 0.15) is 10.7 Å². The maximum atomic E-state index is 14.2. The Morgan fingerprint density at radius 2 is 1.55 bits per heavy atom. The third-order valence-corrected chi connectivity index (χ3v) is 9.70. The van der Waals surface area contributed by atoms with Crippen LogP contribution in [0.15, 0.2) is 126 Å². The average Bonchev–Trinajstić information content (AvgIpc) is 3.50. The number of aromatic nitrogens is 1. The van der Waals surface area contributed by atoms with Crippen molar-refractivity contribution in [1.82, 2.24) is 9.47 Å². The Kier molecular flexibility index (Phi) is 7.58. The molecule has 0 spiro atoms. The lowest BCUT2D eigenvalue weighted by molar-refractivity contribution is 0.0664. The Morgan fingerprint density at radius 1 is 0.857 bits per heavy atom. The van der Waals surface area contributed by atoms with Crippen LogP contribution in [0.25, 0.3) is 0 Å². The number of benzene rings is 4. The summed E-state index contributed by atoms with van der Waals surface area (Å²) in [4.78, 5) is 15.7. The molecule has 5 aromatic rings. The van der Waals surface area contributed by atoms with Crippen molar-refractivity contribution < 1.29 is 17.6 Å². The number of halogens is 2. The minimum Gasteiger partial charge on any atom is -0.348 e. The maximum Gasteiger partial charge on any atom is 0.266 e. The smallest absolute Gasteiger partial charge is 0.266 e. The van der Waals surface area contributed by atoms with Crippen molar-refractivity contribution in [3.05, 3.63) is 155 Å². The van der Waals surface area contributed by atoms with E-state index in [0.717, 1.165) is 16.8 Å². The van der Waals surface area contributed by atoms with Crippen LogP contribution >= 0.6 is 11.6 Å². The Bertz CT molecular complexity index is 1830. The molecule has 212 valence electrons. The lowest BCUT2D eigenvalue weighted by Crippen LogP contribution is -2.42. The quantitative estimate of drug-likeness (QED) is 0.204. The molecule has 0 N–H and O–H groups in total. The third-order valence-electron chi connectivity index (χ3n) is 7.44. The number of hydrogen-bond acceptors (Lipinski definition) is 3. The number of nitrogens with zero attached hydrogens (tertiary/aromatic N) is 3. The van der Waals surface area contributed by atoms with E-state index in [4.69, 9.17) is 11.6 Å². The van der Waals surface area contributed by atoms with Gasteiger partial charge in [0.2, 0.25) is 0 Å². The van der Waals surface area contributed by atoms with Gasteiger partial charge in [0.05, 0.1) is 23.3 Å². The van der Waals surface area contributed by atoms with Crippen LogP contribution in [0.1, 0.15) is 33.2 Å². The zero-order chi connectivity index (χ0) is 29.3. The molecule has 4 aromatic carbocycles. The molecule has 9 heteroatoms. The molecule has 1 atom stereocenters. The highest BCUT2D eigenvalue weighted by molar-refractivity contribution is 7.93. The SMILES string of the molecule is O=C(c1ccc(Cl)c(S(=O)(=O)N(Cc2ccccc2)c2ccc(F)cc2)c1)N1CCn2cccc2C1c1ccccc1. The number of rotatable bonds is 7. The normalized spacial score (nSPS) is 14.8. The number of amides is 1. The van der Waals surface area contributed by atoms with Gasteiger partial charge in [-0.25, -0.2) is 12.8 Å². The van der Waals surface area contributed by atoms with Crippen molar-refractivity contribution in [2.75, 3.05) is 10.8 Å². The van der Waals surface area contributed by atoms with Crippen LogP contribution in [0.2, 0.25) is 5.02 Å². The van der Waals surface area contributed by atoms with E-state index < -0.39 is 15.8 Å². The lowest BCUT2D eigenvalue weighted by atomic mass is 9.99. The third kappa shape index (κ3) is 5.31. The van der Waals surface area contributed by atoms with E-state index in [1.165, 1.54) is 40.7 Å². The summed E-state index contributed by atoms with van der Waals surface area (Å²) in [6.07, 6.45) is 2.00. The van der Waals surface area contributed by atoms with E-state index in [9.17, 15) is 17.6 Å². The molecule has 0 saturated heterocycles. The Hall–Kier alpha value is -4.40. The van der Waals surface area contributed by atoms with Crippen LogP contribution in [0.3, 0.4) is 0 Å². The van der Waals surface area contributed by atoms with E-state index in [2.05, 4.69) is 4.57 Å². The van der Waals surface area contributed by atoms with Crippen molar-refractivity contribution in [3.8, 4) is 0 Å². The van der Waals surface area contributed by atoms with Gasteiger partial charge >= 0.3 is 0 Å². The van der Waals surface area contributed by atoms with Crippen LogP contribution in [0, 0.1) is 5.82 Å². The van der Waals surface area contributed by atoms with Crippen molar-refractivity contribution in [3.63, 3.8) is 0 Å². The fraction of sp³-hybridized carbons (Fsp3) is 0.121. The number of carbonyl (C=O) groups excluding carboxylic acids is 1. The molecule has 1 aliphatic heterocycles. The molecule has 0 radical (unpaired) electrons. The topological polar surface area (TPSA) is 62.6 Å². The highest BCUT2D eigenvalue weighted by Crippen LogP contribution is 2.35. The summed E-state index contributed by atoms with van der Waals surface area (Å²) in [7, 11) is -4.28. The van der Waals surface area contributed by atoms with Crippen LogP contribution in [-0.4, -0.2) is 30.3 Å². The van der Waals surface area contributed by atoms with E-state index in [-0.39, 0.29) is 39.7 Å². The zero-order valence-corrected chi connectivity index (χ0v) is 24.0. The molecule has 1 amide bonds. The first-order valence-electron chi connectivity index (χ1n) is 13.5. The molecular weight excluding hydrogens is 573 g/mol. The second kappa shape index (κ2) is 11.5. The minimum atomic E-state index is -4.28. The van der Waals surface area contributed by atoms with E-state index >= 15 is 0 Å². The molecule has 42 heavy (non-hydrogen) atoms. The second-order valence-corrected chi connectivity index (χ2v) is 12.3. The highest BCUT2D eigenvalue weighted by Gasteiger charge is 2.34. The molecule has 6 rings (SSSR count). The first kappa shape index (κ1) is 27.8. The Balaban J connectivity index is 1.40. The van der Waals surface area contributed by atoms with Gasteiger partial charge in [0.25, 0.3) is 15.9 Å². The summed E-state index contributed by atoms with van der Waals surface area (Å²) in [6, 6.07) is 32.0. The molecule has 0 saturated carbocycles. The van der Waals surface area contributed by atoms with Gasteiger partial charge in [-0.3, -0.25) is 9.10 Å². The fourth-order valence-electron chi connectivity index (χ4n) is 5.38. The first-order chi connectivity index (χ1) is 20.3. The predicted molar refractivity (Wildman–Crippen MR) is 161 cm³/mol. The van der Waals surface area contributed by atoms with Gasteiger partial charge in [0.15, 0.2) is 0 Å². The number of fused-ring (bicyclic) bond motifs is 1. The van der Waals surface area contributed by atoms with E-state index in [1.807, 2.05) is 79.0 Å². The molecule has 6 nitrogen and oxygen atoms in total. The highest BCUT2D eigenvalue weighted by atomic mass is 35.5. The predicted octanol–water partition coefficient (Wildman–Crippen LogP) is 6.92. The number of carbonyl (C=O) groups is 1. The summed E-state index contributed by atoms with van der Waals surface area (Å²) in [5, 5.41) is -0.0150. The molecule has 1 unspecified atom stereocenters.